The molecule has 0 bridgehead atoms. The van der Waals surface area contributed by atoms with Crippen molar-refractivity contribution in [2.24, 2.45) is 0 Å². The summed E-state index contributed by atoms with van der Waals surface area (Å²) in [4.78, 5) is 8.72. The summed E-state index contributed by atoms with van der Waals surface area (Å²) in [7, 11) is 5.20. The summed E-state index contributed by atoms with van der Waals surface area (Å²) in [5.74, 6) is 2.51. The van der Waals surface area contributed by atoms with Gasteiger partial charge >= 0.3 is 0 Å². The highest BCUT2D eigenvalue weighted by Crippen LogP contribution is 2.19. The Bertz CT molecular complexity index is 336. The first-order valence-electron chi connectivity index (χ1n) is 5.46. The highest BCUT2D eigenvalue weighted by atomic mass is 32.2. The van der Waals surface area contributed by atoms with E-state index in [4.69, 9.17) is 9.47 Å². The Morgan fingerprint density at radius 3 is 2.76 bits per heavy atom. The monoisotopic (exact) mass is 257 g/mol. The van der Waals surface area contributed by atoms with Crippen molar-refractivity contribution in [3.8, 4) is 0 Å². The molecule has 1 rings (SSSR count). The molecule has 5 nitrogen and oxygen atoms in total. The molecule has 0 amide bonds. The minimum Gasteiger partial charge on any atom is -0.385 e. The topological polar surface area (TPSA) is 56.3 Å². The van der Waals surface area contributed by atoms with Gasteiger partial charge in [0.25, 0.3) is 0 Å². The fourth-order valence-electron chi connectivity index (χ4n) is 1.25. The average molecular weight is 257 g/mol. The van der Waals surface area contributed by atoms with Crippen molar-refractivity contribution in [2.75, 3.05) is 38.9 Å². The maximum absolute atomic E-state index is 5.04. The Balaban J connectivity index is 2.59. The molecule has 0 saturated heterocycles. The molecule has 1 N–H and O–H groups in total. The summed E-state index contributed by atoms with van der Waals surface area (Å²) in [5, 5.41) is 3.99. The van der Waals surface area contributed by atoms with E-state index in [1.807, 2.05) is 13.1 Å². The van der Waals surface area contributed by atoms with E-state index >= 15 is 0 Å². The van der Waals surface area contributed by atoms with Gasteiger partial charge in [0, 0.05) is 39.7 Å². The molecule has 0 aliphatic carbocycles. The molecule has 0 aliphatic heterocycles. The first-order valence-corrected chi connectivity index (χ1v) is 6.45. The molecule has 0 unspecified atom stereocenters. The number of aromatic nitrogens is 2. The van der Waals surface area contributed by atoms with Crippen LogP contribution in [-0.2, 0) is 16.1 Å². The zero-order valence-corrected chi connectivity index (χ0v) is 11.3. The van der Waals surface area contributed by atoms with Crippen LogP contribution in [0.2, 0.25) is 0 Å². The SMILES string of the molecule is CNc1cc(SCCCOC)nc(COC)n1. The quantitative estimate of drug-likeness (QED) is 0.435. The number of rotatable bonds is 8. The molecule has 1 aromatic rings. The summed E-state index contributed by atoms with van der Waals surface area (Å²) >= 11 is 1.70. The van der Waals surface area contributed by atoms with Crippen molar-refractivity contribution in [3.05, 3.63) is 11.9 Å². The Labute approximate surface area is 106 Å². The lowest BCUT2D eigenvalue weighted by molar-refractivity contribution is 0.177. The lowest BCUT2D eigenvalue weighted by atomic mass is 10.5. The maximum Gasteiger partial charge on any atom is 0.157 e. The Hall–Kier alpha value is -0.850. The molecule has 0 radical (unpaired) electrons. The van der Waals surface area contributed by atoms with Crippen LogP contribution in [0.25, 0.3) is 0 Å². The summed E-state index contributed by atoms with van der Waals surface area (Å²) in [6.07, 6.45) is 1.01. The predicted octanol–water partition coefficient (Wildman–Crippen LogP) is 1.79. The third kappa shape index (κ3) is 5.34. The van der Waals surface area contributed by atoms with Crippen LogP contribution in [0.5, 0.6) is 0 Å². The van der Waals surface area contributed by atoms with Crippen LogP contribution in [0.1, 0.15) is 12.2 Å². The first-order chi connectivity index (χ1) is 8.30. The van der Waals surface area contributed by atoms with Gasteiger partial charge in [-0.15, -0.1) is 11.8 Å². The van der Waals surface area contributed by atoms with E-state index in [9.17, 15) is 0 Å². The molecular formula is C11H19N3O2S. The fourth-order valence-corrected chi connectivity index (χ4v) is 2.08. The van der Waals surface area contributed by atoms with Crippen LogP contribution < -0.4 is 5.32 Å². The Kier molecular flexibility index (Phi) is 6.91. The van der Waals surface area contributed by atoms with Crippen molar-refractivity contribution in [3.63, 3.8) is 0 Å². The molecule has 96 valence electrons. The second-order valence-corrected chi connectivity index (χ2v) is 4.50. The standard InChI is InChI=1S/C11H19N3O2S/c1-12-9-7-11(17-6-4-5-15-2)14-10(13-9)8-16-3/h7H,4-6,8H2,1-3H3,(H,12,13,14). The van der Waals surface area contributed by atoms with Gasteiger partial charge < -0.3 is 14.8 Å². The molecular weight excluding hydrogens is 238 g/mol. The van der Waals surface area contributed by atoms with Gasteiger partial charge in [0.05, 0.1) is 0 Å². The lowest BCUT2D eigenvalue weighted by Crippen LogP contribution is -2.02. The minimum atomic E-state index is 0.432. The Morgan fingerprint density at radius 1 is 1.29 bits per heavy atom. The van der Waals surface area contributed by atoms with Gasteiger partial charge in [0.1, 0.15) is 17.5 Å². The molecule has 0 aliphatic rings. The number of hydrogen-bond acceptors (Lipinski definition) is 6. The third-order valence-corrected chi connectivity index (χ3v) is 3.02. The highest BCUT2D eigenvalue weighted by molar-refractivity contribution is 7.99. The third-order valence-electron chi connectivity index (χ3n) is 2.02. The molecule has 0 spiro atoms. The smallest absolute Gasteiger partial charge is 0.157 e. The summed E-state index contributed by atoms with van der Waals surface area (Å²) in [6.45, 7) is 1.21. The van der Waals surface area contributed by atoms with Gasteiger partial charge in [-0.1, -0.05) is 0 Å². The molecule has 0 saturated carbocycles. The van der Waals surface area contributed by atoms with Crippen molar-refractivity contribution < 1.29 is 9.47 Å². The molecule has 6 heteroatoms. The van der Waals surface area contributed by atoms with Crippen LogP contribution in [-0.4, -0.2) is 43.6 Å². The van der Waals surface area contributed by atoms with Gasteiger partial charge in [-0.25, -0.2) is 9.97 Å². The van der Waals surface area contributed by atoms with Crippen molar-refractivity contribution >= 4 is 17.6 Å². The average Bonchev–Trinajstić information content (AvgIpc) is 2.35. The highest BCUT2D eigenvalue weighted by Gasteiger charge is 2.04. The van der Waals surface area contributed by atoms with Crippen LogP contribution >= 0.6 is 11.8 Å². The minimum absolute atomic E-state index is 0.432. The molecule has 17 heavy (non-hydrogen) atoms. The fraction of sp³-hybridized carbons (Fsp3) is 0.636. The van der Waals surface area contributed by atoms with E-state index in [1.54, 1.807) is 26.0 Å². The number of hydrogen-bond donors (Lipinski definition) is 1. The molecule has 0 atom stereocenters. The van der Waals surface area contributed by atoms with Gasteiger partial charge in [-0.05, 0) is 6.42 Å². The van der Waals surface area contributed by atoms with Gasteiger partial charge in [0.2, 0.25) is 0 Å². The number of nitrogens with zero attached hydrogens (tertiary/aromatic N) is 2. The van der Waals surface area contributed by atoms with Crippen molar-refractivity contribution in [1.29, 1.82) is 0 Å². The van der Waals surface area contributed by atoms with E-state index in [-0.39, 0.29) is 0 Å². The van der Waals surface area contributed by atoms with E-state index in [1.165, 1.54) is 0 Å². The van der Waals surface area contributed by atoms with E-state index in [0.29, 0.717) is 12.4 Å². The van der Waals surface area contributed by atoms with Gasteiger partial charge in [-0.3, -0.25) is 0 Å². The number of ether oxygens (including phenoxy) is 2. The summed E-state index contributed by atoms with van der Waals surface area (Å²) < 4.78 is 10.1. The second kappa shape index (κ2) is 8.27. The maximum atomic E-state index is 5.04. The van der Waals surface area contributed by atoms with E-state index < -0.39 is 0 Å². The first kappa shape index (κ1) is 14.2. The van der Waals surface area contributed by atoms with Gasteiger partial charge in [0.15, 0.2) is 5.82 Å². The van der Waals surface area contributed by atoms with Crippen LogP contribution in [0.3, 0.4) is 0 Å². The number of methoxy groups -OCH3 is 2. The molecule has 0 fully saturated rings. The second-order valence-electron chi connectivity index (χ2n) is 3.39. The van der Waals surface area contributed by atoms with E-state index in [0.717, 1.165) is 29.6 Å². The summed E-state index contributed by atoms with van der Waals surface area (Å²) in [5.41, 5.74) is 0. The van der Waals surface area contributed by atoms with Crippen molar-refractivity contribution in [1.82, 2.24) is 9.97 Å². The molecule has 1 heterocycles. The zero-order valence-electron chi connectivity index (χ0n) is 10.5. The normalized spacial score (nSPS) is 10.5. The van der Waals surface area contributed by atoms with Crippen molar-refractivity contribution in [2.45, 2.75) is 18.1 Å². The summed E-state index contributed by atoms with van der Waals surface area (Å²) in [6, 6.07) is 1.94. The predicted molar refractivity (Wildman–Crippen MR) is 69.5 cm³/mol. The van der Waals surface area contributed by atoms with E-state index in [2.05, 4.69) is 15.3 Å². The van der Waals surface area contributed by atoms with Crippen LogP contribution in [0.15, 0.2) is 11.1 Å². The van der Waals surface area contributed by atoms with Crippen LogP contribution in [0.4, 0.5) is 5.82 Å². The lowest BCUT2D eigenvalue weighted by Gasteiger charge is -2.07. The Morgan fingerprint density at radius 2 is 2.12 bits per heavy atom. The van der Waals surface area contributed by atoms with Crippen LogP contribution in [0, 0.1) is 0 Å². The largest absolute Gasteiger partial charge is 0.385 e. The van der Waals surface area contributed by atoms with Gasteiger partial charge in [-0.2, -0.15) is 0 Å². The molecule has 1 aromatic heterocycles. The zero-order chi connectivity index (χ0) is 12.5. The number of anilines is 1. The molecule has 0 aromatic carbocycles. The number of nitrogens with one attached hydrogen (secondary N) is 1. The number of thioether (sulfide) groups is 1.